The SMILES string of the molecule is CC/C(=N/NC(=O)CSc1nc2sc3c(c2c(=O)n1-c1ccccc1)CCCC3)c1ccc(O)cc1. The molecule has 9 heteroatoms. The monoisotopic (exact) mass is 518 g/mol. The molecular formula is C27H26N4O3S2. The molecule has 0 fully saturated rings. The van der Waals surface area contributed by atoms with Crippen LogP contribution in [0.3, 0.4) is 0 Å². The number of aromatic nitrogens is 2. The summed E-state index contributed by atoms with van der Waals surface area (Å²) in [6.45, 7) is 1.95. The van der Waals surface area contributed by atoms with Gasteiger partial charge in [0.2, 0.25) is 0 Å². The van der Waals surface area contributed by atoms with Gasteiger partial charge < -0.3 is 5.11 Å². The van der Waals surface area contributed by atoms with Crippen LogP contribution in [0.25, 0.3) is 15.9 Å². The maximum Gasteiger partial charge on any atom is 0.267 e. The lowest BCUT2D eigenvalue weighted by atomic mass is 9.97. The second-order valence-corrected chi connectivity index (χ2v) is 10.6. The summed E-state index contributed by atoms with van der Waals surface area (Å²) in [4.78, 5) is 33.3. The van der Waals surface area contributed by atoms with Crippen molar-refractivity contribution in [3.05, 3.63) is 81.0 Å². The molecule has 4 aromatic rings. The number of aromatic hydroxyl groups is 1. The molecule has 0 saturated heterocycles. The van der Waals surface area contributed by atoms with E-state index in [2.05, 4.69) is 10.5 Å². The standard InChI is InChI=1S/C27H26N4O3S2/c1-2-21(17-12-14-19(32)15-13-17)29-30-23(33)16-35-27-28-25-24(20-10-6-7-11-22(20)36-25)26(34)31(27)18-8-4-3-5-9-18/h3-5,8-9,12-15,32H,2,6-7,10-11,16H2,1H3,(H,30,33)/b29-21-. The molecule has 0 aliphatic heterocycles. The number of nitrogens with zero attached hydrogens (tertiary/aromatic N) is 3. The third-order valence-electron chi connectivity index (χ3n) is 6.16. The largest absolute Gasteiger partial charge is 0.508 e. The number of thiophene rings is 1. The fraction of sp³-hybridized carbons (Fsp3) is 0.259. The first-order chi connectivity index (χ1) is 17.5. The van der Waals surface area contributed by atoms with Crippen LogP contribution in [0.2, 0.25) is 0 Å². The first-order valence-electron chi connectivity index (χ1n) is 12.0. The van der Waals surface area contributed by atoms with E-state index in [1.165, 1.54) is 16.6 Å². The van der Waals surface area contributed by atoms with E-state index < -0.39 is 0 Å². The zero-order valence-electron chi connectivity index (χ0n) is 19.9. The number of benzene rings is 2. The molecule has 1 amide bonds. The van der Waals surface area contributed by atoms with Crippen LogP contribution in [-0.2, 0) is 17.6 Å². The van der Waals surface area contributed by atoms with Gasteiger partial charge in [0, 0.05) is 4.88 Å². The van der Waals surface area contributed by atoms with E-state index in [1.807, 2.05) is 37.3 Å². The molecular weight excluding hydrogens is 492 g/mol. The summed E-state index contributed by atoms with van der Waals surface area (Å²) in [5.41, 5.74) is 5.96. The molecule has 2 aromatic heterocycles. The quantitative estimate of drug-likeness (QED) is 0.154. The van der Waals surface area contributed by atoms with Gasteiger partial charge in [0.1, 0.15) is 10.6 Å². The lowest BCUT2D eigenvalue weighted by Gasteiger charge is -2.13. The third kappa shape index (κ3) is 4.94. The van der Waals surface area contributed by atoms with Crippen LogP contribution < -0.4 is 11.0 Å². The summed E-state index contributed by atoms with van der Waals surface area (Å²) in [6.07, 6.45) is 4.75. The van der Waals surface area contributed by atoms with Crippen molar-refractivity contribution in [1.82, 2.24) is 15.0 Å². The Bertz CT molecular complexity index is 1490. The van der Waals surface area contributed by atoms with E-state index in [4.69, 9.17) is 4.98 Å². The molecule has 184 valence electrons. The molecule has 1 aliphatic carbocycles. The summed E-state index contributed by atoms with van der Waals surface area (Å²) in [7, 11) is 0. The first kappa shape index (κ1) is 24.3. The minimum absolute atomic E-state index is 0.0615. The van der Waals surface area contributed by atoms with E-state index in [-0.39, 0.29) is 23.0 Å². The number of rotatable bonds is 7. The Morgan fingerprint density at radius 1 is 1.14 bits per heavy atom. The first-order valence-corrected chi connectivity index (χ1v) is 13.8. The zero-order chi connectivity index (χ0) is 25.1. The molecule has 0 unspecified atom stereocenters. The molecule has 2 aromatic carbocycles. The van der Waals surface area contributed by atoms with Gasteiger partial charge in [0.25, 0.3) is 11.5 Å². The Hall–Kier alpha value is -3.43. The molecule has 36 heavy (non-hydrogen) atoms. The van der Waals surface area contributed by atoms with E-state index in [0.717, 1.165) is 52.7 Å². The molecule has 2 heterocycles. The molecule has 5 rings (SSSR count). The Balaban J connectivity index is 1.42. The van der Waals surface area contributed by atoms with Gasteiger partial charge in [-0.05, 0) is 79.6 Å². The van der Waals surface area contributed by atoms with Crippen molar-refractivity contribution >= 4 is 44.9 Å². The molecule has 1 aliphatic rings. The average Bonchev–Trinajstić information content (AvgIpc) is 3.28. The number of hydrogen-bond donors (Lipinski definition) is 2. The van der Waals surface area contributed by atoms with Crippen molar-refractivity contribution in [2.45, 2.75) is 44.2 Å². The van der Waals surface area contributed by atoms with Gasteiger partial charge in [0.15, 0.2) is 5.16 Å². The molecule has 0 radical (unpaired) electrons. The number of hydrazone groups is 1. The summed E-state index contributed by atoms with van der Waals surface area (Å²) in [5, 5.41) is 15.0. The van der Waals surface area contributed by atoms with Gasteiger partial charge >= 0.3 is 0 Å². The highest BCUT2D eigenvalue weighted by molar-refractivity contribution is 7.99. The van der Waals surface area contributed by atoms with Crippen LogP contribution in [0.4, 0.5) is 0 Å². The predicted octanol–water partition coefficient (Wildman–Crippen LogP) is 5.05. The Kier molecular flexibility index (Phi) is 7.20. The lowest BCUT2D eigenvalue weighted by Crippen LogP contribution is -2.25. The zero-order valence-corrected chi connectivity index (χ0v) is 21.5. The van der Waals surface area contributed by atoms with Gasteiger partial charge in [-0.2, -0.15) is 5.10 Å². The second-order valence-electron chi connectivity index (χ2n) is 8.54. The van der Waals surface area contributed by atoms with Crippen LogP contribution in [0, 0.1) is 0 Å². The predicted molar refractivity (Wildman–Crippen MR) is 146 cm³/mol. The molecule has 0 saturated carbocycles. The summed E-state index contributed by atoms with van der Waals surface area (Å²) < 4.78 is 1.62. The smallest absolute Gasteiger partial charge is 0.267 e. The number of phenolic OH excluding ortho intramolecular Hbond substituents is 1. The highest BCUT2D eigenvalue weighted by Gasteiger charge is 2.23. The number of carbonyl (C=O) groups is 1. The summed E-state index contributed by atoms with van der Waals surface area (Å²) >= 11 is 2.83. The minimum Gasteiger partial charge on any atom is -0.508 e. The number of phenols is 1. The number of para-hydroxylation sites is 1. The van der Waals surface area contributed by atoms with Gasteiger partial charge in [-0.3, -0.25) is 14.2 Å². The van der Waals surface area contributed by atoms with Crippen LogP contribution in [0.15, 0.2) is 69.6 Å². The number of hydrogen-bond acceptors (Lipinski definition) is 7. The fourth-order valence-electron chi connectivity index (χ4n) is 4.38. The molecule has 2 N–H and O–H groups in total. The van der Waals surface area contributed by atoms with Crippen LogP contribution in [-0.4, -0.2) is 32.0 Å². The Labute approximate surface area is 216 Å². The van der Waals surface area contributed by atoms with Gasteiger partial charge in [-0.25, -0.2) is 10.4 Å². The molecule has 0 atom stereocenters. The Morgan fingerprint density at radius 2 is 1.89 bits per heavy atom. The third-order valence-corrected chi connectivity index (χ3v) is 8.28. The number of thioether (sulfide) groups is 1. The molecule has 7 nitrogen and oxygen atoms in total. The fourth-order valence-corrected chi connectivity index (χ4v) is 6.49. The highest BCUT2D eigenvalue weighted by Crippen LogP contribution is 2.35. The van der Waals surface area contributed by atoms with E-state index in [9.17, 15) is 14.7 Å². The summed E-state index contributed by atoms with van der Waals surface area (Å²) in [6, 6.07) is 16.1. The molecule has 0 bridgehead atoms. The Morgan fingerprint density at radius 3 is 2.64 bits per heavy atom. The van der Waals surface area contributed by atoms with Crippen molar-refractivity contribution < 1.29 is 9.90 Å². The van der Waals surface area contributed by atoms with Gasteiger partial charge in [0.05, 0.1) is 22.5 Å². The van der Waals surface area contributed by atoms with E-state index >= 15 is 0 Å². The number of nitrogens with one attached hydrogen (secondary N) is 1. The van der Waals surface area contributed by atoms with E-state index in [0.29, 0.717) is 17.3 Å². The van der Waals surface area contributed by atoms with Gasteiger partial charge in [-0.1, -0.05) is 36.9 Å². The topological polar surface area (TPSA) is 96.6 Å². The maximum absolute atomic E-state index is 13.7. The number of amides is 1. The highest BCUT2D eigenvalue weighted by atomic mass is 32.2. The van der Waals surface area contributed by atoms with Crippen molar-refractivity contribution in [3.8, 4) is 11.4 Å². The van der Waals surface area contributed by atoms with Gasteiger partial charge in [-0.15, -0.1) is 11.3 Å². The van der Waals surface area contributed by atoms with Crippen LogP contribution >= 0.6 is 23.1 Å². The second kappa shape index (κ2) is 10.7. The van der Waals surface area contributed by atoms with Crippen LogP contribution in [0.1, 0.15) is 42.2 Å². The molecule has 0 spiro atoms. The van der Waals surface area contributed by atoms with Crippen molar-refractivity contribution in [2.75, 3.05) is 5.75 Å². The van der Waals surface area contributed by atoms with Crippen molar-refractivity contribution in [2.24, 2.45) is 5.10 Å². The minimum atomic E-state index is -0.288. The number of aryl methyl sites for hydroxylation is 2. The van der Waals surface area contributed by atoms with Crippen molar-refractivity contribution in [3.63, 3.8) is 0 Å². The number of fused-ring (bicyclic) bond motifs is 3. The lowest BCUT2D eigenvalue weighted by molar-refractivity contribution is -0.118. The van der Waals surface area contributed by atoms with Crippen LogP contribution in [0.5, 0.6) is 5.75 Å². The average molecular weight is 519 g/mol. The van der Waals surface area contributed by atoms with E-state index in [1.54, 1.807) is 40.2 Å². The maximum atomic E-state index is 13.7. The normalized spacial score (nSPS) is 13.5. The number of carbonyl (C=O) groups excluding carboxylic acids is 1. The summed E-state index contributed by atoms with van der Waals surface area (Å²) in [5.74, 6) is -0.0503. The van der Waals surface area contributed by atoms with Crippen molar-refractivity contribution in [1.29, 1.82) is 0 Å².